The molecule has 0 aliphatic carbocycles. The average Bonchev–Trinajstić information content (AvgIpc) is 2.30. The van der Waals surface area contributed by atoms with Crippen LogP contribution in [0.3, 0.4) is 0 Å². The molecular formula is C12H16F2N2. The Morgan fingerprint density at radius 2 is 2.06 bits per heavy atom. The van der Waals surface area contributed by atoms with Gasteiger partial charge in [-0.15, -0.1) is 0 Å². The maximum absolute atomic E-state index is 13.3. The number of nitrogens with one attached hydrogen (secondary N) is 2. The van der Waals surface area contributed by atoms with Gasteiger partial charge in [-0.3, -0.25) is 0 Å². The minimum atomic E-state index is -0.524. The SMILES string of the molecule is Fc1cccc(F)c1NCC1CCCNC1. The van der Waals surface area contributed by atoms with Gasteiger partial charge in [0.15, 0.2) is 0 Å². The Kier molecular flexibility index (Phi) is 3.72. The van der Waals surface area contributed by atoms with Gasteiger partial charge < -0.3 is 10.6 Å². The molecule has 0 saturated carbocycles. The monoisotopic (exact) mass is 226 g/mol. The van der Waals surface area contributed by atoms with Crippen LogP contribution in [0.4, 0.5) is 14.5 Å². The van der Waals surface area contributed by atoms with Crippen molar-refractivity contribution >= 4 is 5.69 Å². The Hall–Kier alpha value is -1.16. The first kappa shape index (κ1) is 11.3. The lowest BCUT2D eigenvalue weighted by atomic mass is 10.00. The Bertz CT molecular complexity index is 329. The van der Waals surface area contributed by atoms with Crippen molar-refractivity contribution in [2.75, 3.05) is 25.0 Å². The third-order valence-electron chi connectivity index (χ3n) is 2.93. The fraction of sp³-hybridized carbons (Fsp3) is 0.500. The third kappa shape index (κ3) is 2.70. The highest BCUT2D eigenvalue weighted by molar-refractivity contribution is 5.46. The third-order valence-corrected chi connectivity index (χ3v) is 2.93. The van der Waals surface area contributed by atoms with Crippen LogP contribution < -0.4 is 10.6 Å². The predicted molar refractivity (Wildman–Crippen MR) is 60.4 cm³/mol. The summed E-state index contributed by atoms with van der Waals surface area (Å²) in [6.45, 7) is 2.58. The van der Waals surface area contributed by atoms with Crippen molar-refractivity contribution in [3.05, 3.63) is 29.8 Å². The second-order valence-electron chi connectivity index (χ2n) is 4.19. The van der Waals surface area contributed by atoms with Crippen LogP contribution in [0.2, 0.25) is 0 Å². The molecule has 1 saturated heterocycles. The molecule has 2 rings (SSSR count). The molecule has 1 fully saturated rings. The minimum absolute atomic E-state index is 0.00641. The van der Waals surface area contributed by atoms with Crippen molar-refractivity contribution < 1.29 is 8.78 Å². The number of rotatable bonds is 3. The van der Waals surface area contributed by atoms with Crippen LogP contribution in [0.15, 0.2) is 18.2 Å². The van der Waals surface area contributed by atoms with Gasteiger partial charge in [-0.2, -0.15) is 0 Å². The van der Waals surface area contributed by atoms with Crippen LogP contribution in [-0.2, 0) is 0 Å². The fourth-order valence-electron chi connectivity index (χ4n) is 2.01. The topological polar surface area (TPSA) is 24.1 Å². The molecule has 2 nitrogen and oxygen atoms in total. The lowest BCUT2D eigenvalue weighted by Crippen LogP contribution is -2.33. The highest BCUT2D eigenvalue weighted by atomic mass is 19.1. The van der Waals surface area contributed by atoms with E-state index < -0.39 is 11.6 Å². The molecule has 1 aromatic carbocycles. The molecule has 1 aromatic rings. The van der Waals surface area contributed by atoms with E-state index in [0.717, 1.165) is 25.9 Å². The molecule has 0 aromatic heterocycles. The molecule has 4 heteroatoms. The summed E-state index contributed by atoms with van der Waals surface area (Å²) in [6, 6.07) is 3.91. The first-order valence-corrected chi connectivity index (χ1v) is 5.66. The zero-order valence-corrected chi connectivity index (χ0v) is 9.10. The highest BCUT2D eigenvalue weighted by Gasteiger charge is 2.14. The Labute approximate surface area is 94.0 Å². The van der Waals surface area contributed by atoms with Gasteiger partial charge in [-0.25, -0.2) is 8.78 Å². The van der Waals surface area contributed by atoms with Crippen LogP contribution in [0.1, 0.15) is 12.8 Å². The van der Waals surface area contributed by atoms with Crippen molar-refractivity contribution in [1.82, 2.24) is 5.32 Å². The van der Waals surface area contributed by atoms with Crippen molar-refractivity contribution in [2.45, 2.75) is 12.8 Å². The quantitative estimate of drug-likeness (QED) is 0.826. The summed E-state index contributed by atoms with van der Waals surface area (Å²) in [6.07, 6.45) is 2.24. The molecule has 1 atom stereocenters. The van der Waals surface area contributed by atoms with Gasteiger partial charge in [0.1, 0.15) is 17.3 Å². The summed E-state index contributed by atoms with van der Waals surface area (Å²) in [4.78, 5) is 0. The highest BCUT2D eigenvalue weighted by Crippen LogP contribution is 2.19. The summed E-state index contributed by atoms with van der Waals surface area (Å²) in [7, 11) is 0. The molecule has 88 valence electrons. The molecule has 1 unspecified atom stereocenters. The number of hydrogen-bond donors (Lipinski definition) is 2. The number of hydrogen-bond acceptors (Lipinski definition) is 2. The van der Waals surface area contributed by atoms with Gasteiger partial charge >= 0.3 is 0 Å². The molecule has 1 heterocycles. The van der Waals surface area contributed by atoms with Gasteiger partial charge in [0, 0.05) is 6.54 Å². The number of benzene rings is 1. The summed E-state index contributed by atoms with van der Waals surface area (Å²) in [5.74, 6) is -0.597. The molecule has 0 amide bonds. The maximum atomic E-state index is 13.3. The molecule has 16 heavy (non-hydrogen) atoms. The fourth-order valence-corrected chi connectivity index (χ4v) is 2.01. The van der Waals surface area contributed by atoms with Gasteiger partial charge in [-0.1, -0.05) is 6.07 Å². The molecule has 1 aliphatic heterocycles. The van der Waals surface area contributed by atoms with Crippen molar-refractivity contribution in [1.29, 1.82) is 0 Å². The van der Waals surface area contributed by atoms with E-state index in [-0.39, 0.29) is 5.69 Å². The predicted octanol–water partition coefficient (Wildman–Crippen LogP) is 2.38. The van der Waals surface area contributed by atoms with E-state index >= 15 is 0 Å². The van der Waals surface area contributed by atoms with E-state index in [1.54, 1.807) is 0 Å². The smallest absolute Gasteiger partial charge is 0.149 e. The van der Waals surface area contributed by atoms with Gasteiger partial charge in [0.25, 0.3) is 0 Å². The molecule has 0 radical (unpaired) electrons. The Morgan fingerprint density at radius 3 is 2.69 bits per heavy atom. The molecular weight excluding hydrogens is 210 g/mol. The van der Waals surface area contributed by atoms with E-state index in [1.165, 1.54) is 18.2 Å². The van der Waals surface area contributed by atoms with Gasteiger partial charge in [0.2, 0.25) is 0 Å². The largest absolute Gasteiger partial charge is 0.380 e. The number of piperidine rings is 1. The van der Waals surface area contributed by atoms with Crippen LogP contribution in [0.25, 0.3) is 0 Å². The number of para-hydroxylation sites is 1. The normalized spacial score (nSPS) is 20.8. The van der Waals surface area contributed by atoms with Gasteiger partial charge in [0.05, 0.1) is 0 Å². The van der Waals surface area contributed by atoms with E-state index in [9.17, 15) is 8.78 Å². The molecule has 2 N–H and O–H groups in total. The first-order valence-electron chi connectivity index (χ1n) is 5.66. The van der Waals surface area contributed by atoms with Crippen LogP contribution >= 0.6 is 0 Å². The lowest BCUT2D eigenvalue weighted by Gasteiger charge is -2.23. The van der Waals surface area contributed by atoms with Crippen molar-refractivity contribution in [3.63, 3.8) is 0 Å². The molecule has 1 aliphatic rings. The number of halogens is 2. The van der Waals surface area contributed by atoms with Gasteiger partial charge in [-0.05, 0) is 44.0 Å². The number of anilines is 1. The maximum Gasteiger partial charge on any atom is 0.149 e. The average molecular weight is 226 g/mol. The summed E-state index contributed by atoms with van der Waals surface area (Å²) < 4.78 is 26.6. The van der Waals surface area contributed by atoms with Crippen molar-refractivity contribution in [3.8, 4) is 0 Å². The first-order chi connectivity index (χ1) is 7.77. The van der Waals surface area contributed by atoms with Crippen molar-refractivity contribution in [2.24, 2.45) is 5.92 Å². The minimum Gasteiger partial charge on any atom is -0.380 e. The molecule has 0 spiro atoms. The summed E-state index contributed by atoms with van der Waals surface area (Å²) in [5, 5.41) is 6.13. The van der Waals surface area contributed by atoms with E-state index in [0.29, 0.717) is 12.5 Å². The Balaban J connectivity index is 1.93. The second kappa shape index (κ2) is 5.25. The zero-order chi connectivity index (χ0) is 11.4. The molecule has 0 bridgehead atoms. The van der Waals surface area contributed by atoms with Crippen LogP contribution in [-0.4, -0.2) is 19.6 Å². The van der Waals surface area contributed by atoms with E-state index in [1.807, 2.05) is 0 Å². The lowest BCUT2D eigenvalue weighted by molar-refractivity contribution is 0.392. The van der Waals surface area contributed by atoms with E-state index in [4.69, 9.17) is 0 Å². The standard InChI is InChI=1S/C12H16F2N2/c13-10-4-1-5-11(14)12(10)16-8-9-3-2-6-15-7-9/h1,4-5,9,15-16H,2-3,6-8H2. The zero-order valence-electron chi connectivity index (χ0n) is 9.10. The second-order valence-corrected chi connectivity index (χ2v) is 4.19. The van der Waals surface area contributed by atoms with E-state index in [2.05, 4.69) is 10.6 Å². The van der Waals surface area contributed by atoms with Crippen LogP contribution in [0.5, 0.6) is 0 Å². The van der Waals surface area contributed by atoms with Crippen LogP contribution in [0, 0.1) is 17.6 Å². The Morgan fingerprint density at radius 1 is 1.31 bits per heavy atom. The summed E-state index contributed by atoms with van der Waals surface area (Å²) >= 11 is 0. The summed E-state index contributed by atoms with van der Waals surface area (Å²) in [5.41, 5.74) is -0.00641.